The molecule has 45 heavy (non-hydrogen) atoms. The summed E-state index contributed by atoms with van der Waals surface area (Å²) in [6.45, 7) is 7.69. The van der Waals surface area contributed by atoms with Gasteiger partial charge in [-0.1, -0.05) is 55.5 Å². The maximum atomic E-state index is 13.5. The molecule has 4 bridgehead atoms. The van der Waals surface area contributed by atoms with Gasteiger partial charge in [0.25, 0.3) is 5.91 Å². The molecule has 2 aromatic carbocycles. The van der Waals surface area contributed by atoms with Gasteiger partial charge in [-0.15, -0.1) is 5.10 Å². The van der Waals surface area contributed by atoms with Crippen molar-refractivity contribution in [1.82, 2.24) is 36.3 Å². The van der Waals surface area contributed by atoms with Crippen molar-refractivity contribution in [2.45, 2.75) is 77.9 Å². The number of aromatic nitrogens is 3. The molecule has 0 radical (unpaired) electrons. The second-order valence-electron chi connectivity index (χ2n) is 11.7. The molecule has 0 saturated heterocycles. The summed E-state index contributed by atoms with van der Waals surface area (Å²) in [4.78, 5) is 53.7. The number of carbonyl (C=O) groups excluding carboxylic acids is 4. The minimum Gasteiger partial charge on any atom is -0.491 e. The number of hydrogen-bond donors (Lipinski definition) is 5. The van der Waals surface area contributed by atoms with Crippen molar-refractivity contribution in [3.05, 3.63) is 77.1 Å². The highest BCUT2D eigenvalue weighted by molar-refractivity contribution is 5.99. The third-order valence-electron chi connectivity index (χ3n) is 7.37. The van der Waals surface area contributed by atoms with E-state index < -0.39 is 47.9 Å². The molecular formula is C32H41N7O6. The molecular weight excluding hydrogens is 578 g/mol. The van der Waals surface area contributed by atoms with Gasteiger partial charge in [-0.2, -0.15) is 0 Å². The third kappa shape index (κ3) is 9.35. The summed E-state index contributed by atoms with van der Waals surface area (Å²) in [6, 6.07) is 10.7. The predicted octanol–water partition coefficient (Wildman–Crippen LogP) is 1.03. The second-order valence-corrected chi connectivity index (χ2v) is 11.7. The van der Waals surface area contributed by atoms with Crippen LogP contribution in [0, 0.1) is 12.8 Å². The summed E-state index contributed by atoms with van der Waals surface area (Å²) >= 11 is 0. The molecule has 4 amide bonds. The number of benzene rings is 2. The number of hydrogen-bond acceptors (Lipinski definition) is 8. The fourth-order valence-electron chi connectivity index (χ4n) is 4.90. The SMILES string of the molecule is Cc1ccc2cc1OCCn1cc(nn1)CNC(=O)[C@@H](Cc1ccccc1)NC(=O)[C@H]([C@@H](C)O)NC(=O)[C@@H](CC(C)C)NC2=O. The fraction of sp³-hybridized carbons (Fsp3) is 0.438. The molecule has 240 valence electrons. The molecule has 1 aliphatic rings. The van der Waals surface area contributed by atoms with Crippen LogP contribution in [-0.4, -0.2) is 74.6 Å². The van der Waals surface area contributed by atoms with Gasteiger partial charge in [-0.3, -0.25) is 19.2 Å². The van der Waals surface area contributed by atoms with E-state index in [0.717, 1.165) is 11.1 Å². The molecule has 0 saturated carbocycles. The molecule has 3 aromatic rings. The summed E-state index contributed by atoms with van der Waals surface area (Å²) in [7, 11) is 0. The summed E-state index contributed by atoms with van der Waals surface area (Å²) in [6.07, 6.45) is 0.812. The average molecular weight is 620 g/mol. The highest BCUT2D eigenvalue weighted by Gasteiger charge is 2.33. The zero-order valence-corrected chi connectivity index (χ0v) is 25.9. The van der Waals surface area contributed by atoms with Gasteiger partial charge in [-0.05, 0) is 49.4 Å². The first-order valence-electron chi connectivity index (χ1n) is 15.0. The van der Waals surface area contributed by atoms with Crippen LogP contribution in [0.15, 0.2) is 54.7 Å². The van der Waals surface area contributed by atoms with E-state index in [-0.39, 0.29) is 31.9 Å². The Morgan fingerprint density at radius 3 is 2.42 bits per heavy atom. The van der Waals surface area contributed by atoms with Crippen LogP contribution in [0.2, 0.25) is 0 Å². The van der Waals surface area contributed by atoms with Gasteiger partial charge in [0.1, 0.15) is 36.2 Å². The van der Waals surface area contributed by atoms with Crippen LogP contribution < -0.4 is 26.0 Å². The Hall–Kier alpha value is -4.78. The van der Waals surface area contributed by atoms with E-state index in [1.54, 1.807) is 29.1 Å². The minimum absolute atomic E-state index is 0.0161. The third-order valence-corrected chi connectivity index (χ3v) is 7.37. The molecule has 5 N–H and O–H groups in total. The number of fused-ring (bicyclic) bond motifs is 4. The first-order valence-corrected chi connectivity index (χ1v) is 15.0. The number of nitrogens with zero attached hydrogens (tertiary/aromatic N) is 3. The van der Waals surface area contributed by atoms with Crippen LogP contribution in [0.5, 0.6) is 5.75 Å². The van der Waals surface area contributed by atoms with Crippen molar-refractivity contribution >= 4 is 23.6 Å². The zero-order chi connectivity index (χ0) is 32.5. The largest absolute Gasteiger partial charge is 0.491 e. The first-order chi connectivity index (χ1) is 21.5. The molecule has 1 aromatic heterocycles. The second kappa shape index (κ2) is 15.3. The zero-order valence-electron chi connectivity index (χ0n) is 25.9. The standard InChI is InChI=1S/C32H41N7O6/c1-19(2)14-25-31(43)36-28(21(4)40)32(44)35-26(15-22-8-6-5-7-9-22)30(42)33-17-24-18-39(38-37-24)12-13-45-27-16-23(29(41)34-25)11-10-20(27)3/h5-11,16,18-19,21,25-26,28,40H,12-15,17H2,1-4H3,(H,33,42)(H,34,41)(H,35,44)(H,36,43)/t21-,25-,26-,28+/m1/s1. The lowest BCUT2D eigenvalue weighted by molar-refractivity contribution is -0.135. The van der Waals surface area contributed by atoms with Crippen LogP contribution in [0.3, 0.4) is 0 Å². The van der Waals surface area contributed by atoms with Gasteiger partial charge in [0.2, 0.25) is 17.7 Å². The Bertz CT molecular complexity index is 1490. The molecule has 0 fully saturated rings. The van der Waals surface area contributed by atoms with Gasteiger partial charge in [-0.25, -0.2) is 4.68 Å². The van der Waals surface area contributed by atoms with E-state index in [2.05, 4.69) is 31.6 Å². The average Bonchev–Trinajstić information content (AvgIpc) is 3.46. The van der Waals surface area contributed by atoms with Crippen molar-refractivity contribution in [3.8, 4) is 5.75 Å². The fourth-order valence-corrected chi connectivity index (χ4v) is 4.90. The number of amides is 4. The summed E-state index contributed by atoms with van der Waals surface area (Å²) in [5, 5.41) is 29.6. The number of aliphatic hydroxyl groups excluding tert-OH is 1. The first kappa shape index (κ1) is 33.1. The van der Waals surface area contributed by atoms with Crippen molar-refractivity contribution in [3.63, 3.8) is 0 Å². The van der Waals surface area contributed by atoms with Gasteiger partial charge in [0, 0.05) is 12.0 Å². The molecule has 0 spiro atoms. The highest BCUT2D eigenvalue weighted by Crippen LogP contribution is 2.20. The van der Waals surface area contributed by atoms with Gasteiger partial charge < -0.3 is 31.1 Å². The van der Waals surface area contributed by atoms with Crippen LogP contribution in [0.4, 0.5) is 0 Å². The lowest BCUT2D eigenvalue weighted by atomic mass is 10.0. The number of aryl methyl sites for hydroxylation is 1. The monoisotopic (exact) mass is 619 g/mol. The number of ether oxygens (including phenoxy) is 1. The molecule has 13 nitrogen and oxygen atoms in total. The Kier molecular flexibility index (Phi) is 11.3. The number of aliphatic hydroxyl groups is 1. The van der Waals surface area contributed by atoms with Crippen LogP contribution in [0.25, 0.3) is 0 Å². The van der Waals surface area contributed by atoms with Crippen molar-refractivity contribution < 1.29 is 29.0 Å². The lowest BCUT2D eigenvalue weighted by Gasteiger charge is -2.27. The Balaban J connectivity index is 1.65. The van der Waals surface area contributed by atoms with Crippen molar-refractivity contribution in [2.75, 3.05) is 6.61 Å². The summed E-state index contributed by atoms with van der Waals surface area (Å²) in [5.74, 6) is -1.85. The maximum absolute atomic E-state index is 13.5. The topological polar surface area (TPSA) is 177 Å². The van der Waals surface area contributed by atoms with Gasteiger partial charge >= 0.3 is 0 Å². The molecule has 0 aliphatic carbocycles. The van der Waals surface area contributed by atoms with E-state index >= 15 is 0 Å². The van der Waals surface area contributed by atoms with E-state index in [0.29, 0.717) is 23.6 Å². The van der Waals surface area contributed by atoms with Crippen LogP contribution in [0.1, 0.15) is 54.4 Å². The number of carbonyl (C=O) groups is 4. The van der Waals surface area contributed by atoms with E-state index in [1.165, 1.54) is 6.92 Å². The molecule has 2 heterocycles. The quantitative estimate of drug-likeness (QED) is 0.281. The minimum atomic E-state index is -1.40. The van der Waals surface area contributed by atoms with E-state index in [1.807, 2.05) is 51.1 Å². The normalized spacial score (nSPS) is 21.0. The van der Waals surface area contributed by atoms with E-state index in [9.17, 15) is 24.3 Å². The molecule has 1 aliphatic heterocycles. The Labute approximate surface area is 262 Å². The number of rotatable bonds is 5. The summed E-state index contributed by atoms with van der Waals surface area (Å²) in [5.41, 5.74) is 2.41. The van der Waals surface area contributed by atoms with Crippen LogP contribution >= 0.6 is 0 Å². The van der Waals surface area contributed by atoms with Gasteiger partial charge in [0.15, 0.2) is 0 Å². The van der Waals surface area contributed by atoms with Crippen LogP contribution in [-0.2, 0) is 33.9 Å². The summed E-state index contributed by atoms with van der Waals surface area (Å²) < 4.78 is 7.54. The van der Waals surface area contributed by atoms with Crippen molar-refractivity contribution in [1.29, 1.82) is 0 Å². The number of nitrogens with one attached hydrogen (secondary N) is 4. The predicted molar refractivity (Wildman–Crippen MR) is 165 cm³/mol. The lowest BCUT2D eigenvalue weighted by Crippen LogP contribution is -2.60. The maximum Gasteiger partial charge on any atom is 0.252 e. The van der Waals surface area contributed by atoms with E-state index in [4.69, 9.17) is 4.74 Å². The Morgan fingerprint density at radius 1 is 0.956 bits per heavy atom. The van der Waals surface area contributed by atoms with Crippen molar-refractivity contribution in [2.24, 2.45) is 5.92 Å². The molecule has 4 rings (SSSR count). The van der Waals surface area contributed by atoms with Gasteiger partial charge in [0.05, 0.1) is 25.4 Å². The molecule has 0 unspecified atom stereocenters. The Morgan fingerprint density at radius 2 is 1.71 bits per heavy atom. The molecule has 13 heteroatoms. The highest BCUT2D eigenvalue weighted by atomic mass is 16.5. The molecule has 4 atom stereocenters. The smallest absolute Gasteiger partial charge is 0.252 e.